The Hall–Kier alpha value is -1.80. The summed E-state index contributed by atoms with van der Waals surface area (Å²) in [7, 11) is 1.63. The Labute approximate surface area is 275 Å². The molecule has 45 heavy (non-hydrogen) atoms. The second-order valence-electron chi connectivity index (χ2n) is 12.2. The van der Waals surface area contributed by atoms with Gasteiger partial charge in [0.05, 0.1) is 34.4 Å². The van der Waals surface area contributed by atoms with Gasteiger partial charge in [0.1, 0.15) is 19.3 Å². The number of esters is 1. The minimum absolute atomic E-state index is 0.0797. The summed E-state index contributed by atoms with van der Waals surface area (Å²) in [5.41, 5.74) is 0. The molecule has 0 fully saturated rings. The average molecular weight is 655 g/mol. The van der Waals surface area contributed by atoms with Gasteiger partial charge in [-0.1, -0.05) is 100 Å². The van der Waals surface area contributed by atoms with Gasteiger partial charge in [-0.05, 0) is 57.8 Å². The van der Waals surface area contributed by atoms with Crippen molar-refractivity contribution in [2.45, 2.75) is 110 Å². The van der Waals surface area contributed by atoms with E-state index in [1.807, 2.05) is 21.1 Å². The maximum Gasteiger partial charge on any atom is 0.472 e. The van der Waals surface area contributed by atoms with Crippen LogP contribution in [0.5, 0.6) is 0 Å². The normalized spacial score (nSPS) is 14.9. The van der Waals surface area contributed by atoms with Gasteiger partial charge >= 0.3 is 13.8 Å². The number of allylic oxidation sites excluding steroid dienone is 10. The van der Waals surface area contributed by atoms with Crippen molar-refractivity contribution < 1.29 is 37.3 Å². The summed E-state index contributed by atoms with van der Waals surface area (Å²) in [5, 5.41) is 0. The van der Waals surface area contributed by atoms with Crippen molar-refractivity contribution in [3.05, 3.63) is 60.8 Å². The lowest BCUT2D eigenvalue weighted by Crippen LogP contribution is -2.37. The summed E-state index contributed by atoms with van der Waals surface area (Å²) < 4.78 is 34.3. The van der Waals surface area contributed by atoms with Gasteiger partial charge < -0.3 is 18.9 Å². The lowest BCUT2D eigenvalue weighted by Gasteiger charge is -2.24. The highest BCUT2D eigenvalue weighted by molar-refractivity contribution is 7.47. The minimum atomic E-state index is -4.26. The number of rotatable bonds is 30. The van der Waals surface area contributed by atoms with E-state index in [2.05, 4.69) is 74.6 Å². The average Bonchev–Trinajstić information content (AvgIpc) is 2.97. The van der Waals surface area contributed by atoms with Crippen molar-refractivity contribution in [2.24, 2.45) is 0 Å². The third kappa shape index (κ3) is 33.4. The van der Waals surface area contributed by atoms with E-state index in [0.29, 0.717) is 24.1 Å². The Morgan fingerprint density at radius 1 is 0.711 bits per heavy atom. The Morgan fingerprint density at radius 3 is 1.87 bits per heavy atom. The van der Waals surface area contributed by atoms with E-state index in [1.165, 1.54) is 0 Å². The number of carbonyl (C=O) groups is 1. The fraction of sp³-hybridized carbons (Fsp3) is 0.694. The molecule has 0 rings (SSSR count). The number of likely N-dealkylation sites (N-methyl/N-ethyl adjacent to an activating group) is 1. The molecule has 0 heterocycles. The Balaban J connectivity index is 4.12. The van der Waals surface area contributed by atoms with E-state index < -0.39 is 13.9 Å². The van der Waals surface area contributed by atoms with Gasteiger partial charge in [-0.25, -0.2) is 4.57 Å². The monoisotopic (exact) mass is 654 g/mol. The van der Waals surface area contributed by atoms with Crippen LogP contribution in [0.15, 0.2) is 60.8 Å². The number of hydrogen-bond donors (Lipinski definition) is 1. The van der Waals surface area contributed by atoms with Gasteiger partial charge in [-0.3, -0.25) is 13.8 Å². The zero-order valence-corrected chi connectivity index (χ0v) is 30.0. The topological polar surface area (TPSA) is 91.3 Å². The molecular weight excluding hydrogens is 589 g/mol. The molecule has 0 saturated carbocycles. The molecule has 2 unspecified atom stereocenters. The molecule has 0 aromatic rings. The first kappa shape index (κ1) is 43.2. The lowest BCUT2D eigenvalue weighted by atomic mass is 10.1. The van der Waals surface area contributed by atoms with E-state index in [0.717, 1.165) is 83.5 Å². The highest BCUT2D eigenvalue weighted by Gasteiger charge is 2.26. The van der Waals surface area contributed by atoms with Crippen molar-refractivity contribution in [1.29, 1.82) is 0 Å². The van der Waals surface area contributed by atoms with Crippen LogP contribution in [0.3, 0.4) is 0 Å². The van der Waals surface area contributed by atoms with Crippen LogP contribution in [0.1, 0.15) is 104 Å². The molecule has 0 aliphatic rings. The van der Waals surface area contributed by atoms with E-state index in [9.17, 15) is 14.3 Å². The smallest absolute Gasteiger partial charge is 0.457 e. The van der Waals surface area contributed by atoms with Crippen LogP contribution >= 0.6 is 7.82 Å². The molecular formula is C36H65NO7P+. The molecule has 0 aromatic heterocycles. The summed E-state index contributed by atoms with van der Waals surface area (Å²) >= 11 is 0. The van der Waals surface area contributed by atoms with Crippen molar-refractivity contribution in [2.75, 3.05) is 54.1 Å². The third-order valence-corrected chi connectivity index (χ3v) is 7.58. The van der Waals surface area contributed by atoms with E-state index in [-0.39, 0.29) is 25.8 Å². The first-order valence-corrected chi connectivity index (χ1v) is 18.5. The first-order chi connectivity index (χ1) is 21.6. The van der Waals surface area contributed by atoms with E-state index in [1.54, 1.807) is 0 Å². The molecule has 260 valence electrons. The molecule has 9 heteroatoms. The van der Waals surface area contributed by atoms with Crippen LogP contribution in [0.4, 0.5) is 0 Å². The molecule has 0 aromatic carbocycles. The summed E-state index contributed by atoms with van der Waals surface area (Å²) in [4.78, 5) is 22.3. The largest absolute Gasteiger partial charge is 0.472 e. The van der Waals surface area contributed by atoms with Crippen molar-refractivity contribution >= 4 is 13.8 Å². The van der Waals surface area contributed by atoms with E-state index in [4.69, 9.17) is 18.5 Å². The zero-order valence-electron chi connectivity index (χ0n) is 29.1. The number of phosphoric acid groups is 1. The SMILES string of the molecule is CC/C=C\C/C=C\C/C=C\C/C=C\C/C=C\CCCCCCOCC(COP(=O)(O)OCC[N+](C)(C)C)OC(=O)CCCCC. The van der Waals surface area contributed by atoms with Crippen molar-refractivity contribution in [1.82, 2.24) is 0 Å². The number of phosphoric ester groups is 1. The first-order valence-electron chi connectivity index (χ1n) is 17.0. The minimum Gasteiger partial charge on any atom is -0.457 e. The van der Waals surface area contributed by atoms with Crippen LogP contribution in [-0.4, -0.2) is 75.6 Å². The van der Waals surface area contributed by atoms with Gasteiger partial charge in [0.2, 0.25) is 0 Å². The fourth-order valence-electron chi connectivity index (χ4n) is 3.93. The fourth-order valence-corrected chi connectivity index (χ4v) is 4.67. The van der Waals surface area contributed by atoms with Crippen molar-refractivity contribution in [3.63, 3.8) is 0 Å². The standard InChI is InChI=1S/C36H64NO7P/c1-6-8-10-11-12-13-14-15-16-17-18-19-20-21-22-23-24-25-26-28-31-41-33-35(44-36(38)29-27-9-7-2)34-43-45(39,40)42-32-30-37(3,4)5/h8,10,12-13,15-16,18-19,21-22,35H,6-7,9,11,14,17,20,23-34H2,1-5H3/p+1/b10-8-,13-12-,16-15-,19-18-,22-21-. The van der Waals surface area contributed by atoms with Crippen molar-refractivity contribution in [3.8, 4) is 0 Å². The molecule has 0 aliphatic heterocycles. The zero-order chi connectivity index (χ0) is 33.5. The van der Waals surface area contributed by atoms with Gasteiger partial charge in [-0.15, -0.1) is 0 Å². The summed E-state index contributed by atoms with van der Waals surface area (Å²) in [6.07, 6.45) is 34.7. The molecule has 0 spiro atoms. The number of hydrogen-bond acceptors (Lipinski definition) is 6. The predicted molar refractivity (Wildman–Crippen MR) is 187 cm³/mol. The van der Waals surface area contributed by atoms with Crippen LogP contribution < -0.4 is 0 Å². The molecule has 0 bridgehead atoms. The molecule has 1 N–H and O–H groups in total. The second-order valence-corrected chi connectivity index (χ2v) is 13.6. The summed E-state index contributed by atoms with van der Waals surface area (Å²) in [6.45, 7) is 5.23. The van der Waals surface area contributed by atoms with Gasteiger partial charge in [0, 0.05) is 13.0 Å². The number of nitrogens with zero attached hydrogens (tertiary/aromatic N) is 1. The second kappa shape index (κ2) is 29.6. The number of carbonyl (C=O) groups excluding carboxylic acids is 1. The number of ether oxygens (including phenoxy) is 2. The Kier molecular flexibility index (Phi) is 28.4. The maximum atomic E-state index is 12.3. The van der Waals surface area contributed by atoms with E-state index >= 15 is 0 Å². The molecule has 0 radical (unpaired) electrons. The van der Waals surface area contributed by atoms with Gasteiger partial charge in [0.15, 0.2) is 0 Å². The van der Waals surface area contributed by atoms with Gasteiger partial charge in [0.25, 0.3) is 0 Å². The highest BCUT2D eigenvalue weighted by Crippen LogP contribution is 2.43. The molecule has 2 atom stereocenters. The molecule has 0 aliphatic carbocycles. The molecule has 0 amide bonds. The van der Waals surface area contributed by atoms with Crippen LogP contribution in [0.2, 0.25) is 0 Å². The van der Waals surface area contributed by atoms with Crippen LogP contribution in [0.25, 0.3) is 0 Å². The highest BCUT2D eigenvalue weighted by atomic mass is 31.2. The van der Waals surface area contributed by atoms with Crippen LogP contribution in [0, 0.1) is 0 Å². The Bertz CT molecular complexity index is 906. The lowest BCUT2D eigenvalue weighted by molar-refractivity contribution is -0.870. The Morgan fingerprint density at radius 2 is 1.29 bits per heavy atom. The molecule has 8 nitrogen and oxygen atoms in total. The predicted octanol–water partition coefficient (Wildman–Crippen LogP) is 9.04. The number of unbranched alkanes of at least 4 members (excludes halogenated alkanes) is 6. The maximum absolute atomic E-state index is 12.3. The third-order valence-electron chi connectivity index (χ3n) is 6.59. The molecule has 0 saturated heterocycles. The quantitative estimate of drug-likeness (QED) is 0.0272. The number of quaternary nitrogens is 1. The summed E-state index contributed by atoms with van der Waals surface area (Å²) in [6, 6.07) is 0. The van der Waals surface area contributed by atoms with Gasteiger partial charge in [-0.2, -0.15) is 0 Å². The van der Waals surface area contributed by atoms with Crippen LogP contribution in [-0.2, 0) is 27.9 Å². The summed E-state index contributed by atoms with van der Waals surface area (Å²) in [5.74, 6) is -0.352.